The molecule has 0 aliphatic rings. The fourth-order valence-electron chi connectivity index (χ4n) is 2.08. The van der Waals surface area contributed by atoms with Crippen LogP contribution in [0.5, 0.6) is 11.5 Å². The van der Waals surface area contributed by atoms with Gasteiger partial charge in [0.05, 0.1) is 30.0 Å². The molecule has 0 aliphatic carbocycles. The zero-order chi connectivity index (χ0) is 17.7. The second-order valence-corrected chi connectivity index (χ2v) is 5.16. The van der Waals surface area contributed by atoms with Crippen LogP contribution in [0.4, 0.5) is 5.69 Å². The third-order valence-corrected chi connectivity index (χ3v) is 3.45. The van der Waals surface area contributed by atoms with Crippen molar-refractivity contribution < 1.29 is 24.2 Å². The standard InChI is InChI=1S/C17H16ClNO5/c1-3-24-12-6-4-10(5-7-12)16(20)19-14-9-11(17(21)22)8-13(18)15(14)23-2/h4-9H,3H2,1-2H3,(H,19,20)(H,21,22). The summed E-state index contributed by atoms with van der Waals surface area (Å²) in [4.78, 5) is 23.5. The molecule has 1 amide bonds. The molecule has 2 aromatic rings. The number of nitrogens with one attached hydrogen (secondary N) is 1. The van der Waals surface area contributed by atoms with Crippen LogP contribution >= 0.6 is 11.6 Å². The Balaban J connectivity index is 2.28. The number of carboxylic acids is 1. The number of halogens is 1. The van der Waals surface area contributed by atoms with E-state index in [-0.39, 0.29) is 22.0 Å². The first-order chi connectivity index (χ1) is 11.5. The molecule has 24 heavy (non-hydrogen) atoms. The van der Waals surface area contributed by atoms with Crippen molar-refractivity contribution >= 4 is 29.2 Å². The number of aromatic carboxylic acids is 1. The first-order valence-corrected chi connectivity index (χ1v) is 7.49. The van der Waals surface area contributed by atoms with Gasteiger partial charge in [0.25, 0.3) is 5.91 Å². The molecule has 2 N–H and O–H groups in total. The van der Waals surface area contributed by atoms with Gasteiger partial charge in [-0.15, -0.1) is 0 Å². The fraction of sp³-hybridized carbons (Fsp3) is 0.176. The number of anilines is 1. The molecular weight excluding hydrogens is 334 g/mol. The minimum absolute atomic E-state index is 0.0530. The molecule has 0 radical (unpaired) electrons. The molecule has 0 saturated carbocycles. The molecule has 0 bridgehead atoms. The Bertz CT molecular complexity index is 758. The smallest absolute Gasteiger partial charge is 0.335 e. The Morgan fingerprint density at radius 2 is 1.83 bits per heavy atom. The summed E-state index contributed by atoms with van der Waals surface area (Å²) in [7, 11) is 1.38. The average molecular weight is 350 g/mol. The second kappa shape index (κ2) is 7.70. The lowest BCUT2D eigenvalue weighted by atomic mass is 10.1. The first kappa shape index (κ1) is 17.6. The monoisotopic (exact) mass is 349 g/mol. The quantitative estimate of drug-likeness (QED) is 0.830. The molecule has 2 rings (SSSR count). The van der Waals surface area contributed by atoms with E-state index in [9.17, 15) is 9.59 Å². The van der Waals surface area contributed by atoms with Gasteiger partial charge in [0, 0.05) is 5.56 Å². The van der Waals surface area contributed by atoms with Gasteiger partial charge in [-0.3, -0.25) is 4.79 Å². The summed E-state index contributed by atoms with van der Waals surface area (Å²) in [6.07, 6.45) is 0. The van der Waals surface area contributed by atoms with Gasteiger partial charge >= 0.3 is 5.97 Å². The highest BCUT2D eigenvalue weighted by Gasteiger charge is 2.16. The molecule has 0 aromatic heterocycles. The average Bonchev–Trinajstić information content (AvgIpc) is 2.55. The minimum atomic E-state index is -1.16. The van der Waals surface area contributed by atoms with Gasteiger partial charge in [-0.25, -0.2) is 4.79 Å². The minimum Gasteiger partial charge on any atom is -0.494 e. The van der Waals surface area contributed by atoms with Crippen LogP contribution in [0.3, 0.4) is 0 Å². The summed E-state index contributed by atoms with van der Waals surface area (Å²) in [5.41, 5.74) is 0.515. The van der Waals surface area contributed by atoms with Crippen molar-refractivity contribution in [1.82, 2.24) is 0 Å². The lowest BCUT2D eigenvalue weighted by Crippen LogP contribution is -2.13. The summed E-state index contributed by atoms with van der Waals surface area (Å²) in [6.45, 7) is 2.40. The van der Waals surface area contributed by atoms with Gasteiger partial charge < -0.3 is 19.9 Å². The maximum absolute atomic E-state index is 12.3. The maximum atomic E-state index is 12.3. The van der Waals surface area contributed by atoms with E-state index in [0.717, 1.165) is 0 Å². The van der Waals surface area contributed by atoms with E-state index >= 15 is 0 Å². The van der Waals surface area contributed by atoms with Crippen molar-refractivity contribution in [2.75, 3.05) is 19.0 Å². The number of rotatable bonds is 6. The number of carbonyl (C=O) groups is 2. The number of ether oxygens (including phenoxy) is 2. The second-order valence-electron chi connectivity index (χ2n) is 4.76. The third-order valence-electron chi connectivity index (χ3n) is 3.17. The highest BCUT2D eigenvalue weighted by molar-refractivity contribution is 6.33. The van der Waals surface area contributed by atoms with Gasteiger partial charge in [0.2, 0.25) is 0 Å². The van der Waals surface area contributed by atoms with Crippen LogP contribution in [0.2, 0.25) is 5.02 Å². The van der Waals surface area contributed by atoms with Gasteiger partial charge in [-0.2, -0.15) is 0 Å². The predicted molar refractivity (Wildman–Crippen MR) is 90.5 cm³/mol. The molecule has 2 aromatic carbocycles. The number of carbonyl (C=O) groups excluding carboxylic acids is 1. The van der Waals surface area contributed by atoms with Crippen LogP contribution in [0.1, 0.15) is 27.6 Å². The fourth-order valence-corrected chi connectivity index (χ4v) is 2.38. The molecular formula is C17H16ClNO5. The number of hydrogen-bond donors (Lipinski definition) is 2. The molecule has 0 atom stereocenters. The molecule has 126 valence electrons. The molecule has 0 aliphatic heterocycles. The summed E-state index contributed by atoms with van der Waals surface area (Å²) < 4.78 is 10.5. The Labute approximate surface area is 144 Å². The van der Waals surface area contributed by atoms with Crippen LogP contribution in [0, 0.1) is 0 Å². The summed E-state index contributed by atoms with van der Waals surface area (Å²) >= 11 is 6.01. The Morgan fingerprint density at radius 3 is 2.38 bits per heavy atom. The van der Waals surface area contributed by atoms with Crippen molar-refractivity contribution in [1.29, 1.82) is 0 Å². The van der Waals surface area contributed by atoms with Crippen molar-refractivity contribution in [2.24, 2.45) is 0 Å². The largest absolute Gasteiger partial charge is 0.494 e. The summed E-state index contributed by atoms with van der Waals surface area (Å²) in [5, 5.41) is 11.8. The molecule has 0 fully saturated rings. The predicted octanol–water partition coefficient (Wildman–Crippen LogP) is 3.70. The molecule has 7 heteroatoms. The third kappa shape index (κ3) is 3.97. The van der Waals surface area contributed by atoms with Crippen LogP contribution in [0.25, 0.3) is 0 Å². The molecule has 0 saturated heterocycles. The van der Waals surface area contributed by atoms with Gasteiger partial charge in [0.15, 0.2) is 5.75 Å². The van der Waals surface area contributed by atoms with E-state index in [1.807, 2.05) is 6.92 Å². The van der Waals surface area contributed by atoms with Gasteiger partial charge in [-0.05, 0) is 43.3 Å². The molecule has 0 unspecified atom stereocenters. The summed E-state index contributed by atoms with van der Waals surface area (Å²) in [5.74, 6) is -0.727. The molecule has 0 heterocycles. The zero-order valence-electron chi connectivity index (χ0n) is 13.1. The van der Waals surface area contributed by atoms with E-state index in [4.69, 9.17) is 26.2 Å². The van der Waals surface area contributed by atoms with Crippen molar-refractivity contribution in [3.05, 3.63) is 52.5 Å². The van der Waals surface area contributed by atoms with E-state index in [0.29, 0.717) is 17.9 Å². The Kier molecular flexibility index (Phi) is 5.65. The number of amides is 1. The zero-order valence-corrected chi connectivity index (χ0v) is 13.9. The first-order valence-electron chi connectivity index (χ1n) is 7.11. The van der Waals surface area contributed by atoms with Crippen molar-refractivity contribution in [2.45, 2.75) is 6.92 Å². The van der Waals surface area contributed by atoms with Crippen LogP contribution in [-0.2, 0) is 0 Å². The van der Waals surface area contributed by atoms with E-state index < -0.39 is 11.9 Å². The van der Waals surface area contributed by atoms with E-state index in [1.54, 1.807) is 24.3 Å². The Morgan fingerprint density at radius 1 is 1.17 bits per heavy atom. The van der Waals surface area contributed by atoms with Crippen molar-refractivity contribution in [3.63, 3.8) is 0 Å². The van der Waals surface area contributed by atoms with Gasteiger partial charge in [0.1, 0.15) is 5.75 Å². The highest BCUT2D eigenvalue weighted by atomic mass is 35.5. The summed E-state index contributed by atoms with van der Waals surface area (Å²) in [6, 6.07) is 9.12. The van der Waals surface area contributed by atoms with Crippen molar-refractivity contribution in [3.8, 4) is 11.5 Å². The van der Waals surface area contributed by atoms with Crippen LogP contribution in [-0.4, -0.2) is 30.7 Å². The van der Waals surface area contributed by atoms with E-state index in [2.05, 4.69) is 5.32 Å². The van der Waals surface area contributed by atoms with Crippen LogP contribution in [0.15, 0.2) is 36.4 Å². The number of methoxy groups -OCH3 is 1. The van der Waals surface area contributed by atoms with Gasteiger partial charge in [-0.1, -0.05) is 11.6 Å². The Hall–Kier alpha value is -2.73. The van der Waals surface area contributed by atoms with E-state index in [1.165, 1.54) is 19.2 Å². The number of benzene rings is 2. The molecule has 6 nitrogen and oxygen atoms in total. The van der Waals surface area contributed by atoms with Crippen LogP contribution < -0.4 is 14.8 Å². The molecule has 0 spiro atoms. The topological polar surface area (TPSA) is 84.9 Å². The lowest BCUT2D eigenvalue weighted by Gasteiger charge is -2.13. The SMILES string of the molecule is CCOc1ccc(C(=O)Nc2cc(C(=O)O)cc(Cl)c2OC)cc1. The maximum Gasteiger partial charge on any atom is 0.335 e. The number of hydrogen-bond acceptors (Lipinski definition) is 4. The normalized spacial score (nSPS) is 10.1. The highest BCUT2D eigenvalue weighted by Crippen LogP contribution is 2.34. The number of carboxylic acid groups (broad SMARTS) is 1. The lowest BCUT2D eigenvalue weighted by molar-refractivity contribution is 0.0696.